The van der Waals surface area contributed by atoms with Gasteiger partial charge in [0.1, 0.15) is 0 Å². The van der Waals surface area contributed by atoms with E-state index in [0.717, 1.165) is 11.4 Å². The van der Waals surface area contributed by atoms with E-state index in [1.54, 1.807) is 0 Å². The highest BCUT2D eigenvalue weighted by Crippen LogP contribution is 2.15. The number of hydrazone groups is 2. The molecule has 6 heteroatoms. The molecule has 22 heavy (non-hydrogen) atoms. The molecule has 0 aliphatic carbocycles. The topological polar surface area (TPSA) is 82.9 Å². The second-order valence-corrected chi connectivity index (χ2v) is 7.23. The Hall–Kier alpha value is -1.72. The van der Waals surface area contributed by atoms with Crippen LogP contribution in [0.3, 0.4) is 0 Å². The smallest absolute Gasteiger partial charge is 0.236 e. The lowest BCUT2D eigenvalue weighted by atomic mass is 9.91. The van der Waals surface area contributed by atoms with Crippen LogP contribution in [0.15, 0.2) is 10.2 Å². The molecule has 0 aliphatic heterocycles. The van der Waals surface area contributed by atoms with Crippen molar-refractivity contribution in [1.82, 2.24) is 10.9 Å². The maximum Gasteiger partial charge on any atom is 0.236 e. The minimum absolute atomic E-state index is 0.0302. The number of nitrogens with one attached hydrogen (secondary N) is 2. The monoisotopic (exact) mass is 312 g/mol. The van der Waals surface area contributed by atoms with Crippen LogP contribution in [0.4, 0.5) is 0 Å². The highest BCUT2D eigenvalue weighted by atomic mass is 16.2. The molecule has 0 heterocycles. The fraction of sp³-hybridized carbons (Fsp3) is 0.750. The third-order valence-electron chi connectivity index (χ3n) is 2.93. The van der Waals surface area contributed by atoms with Crippen molar-refractivity contribution in [1.29, 1.82) is 0 Å². The first kappa shape index (κ1) is 22.6. The summed E-state index contributed by atoms with van der Waals surface area (Å²) in [6, 6.07) is 0. The van der Waals surface area contributed by atoms with Crippen molar-refractivity contribution in [2.45, 2.75) is 69.2 Å². The lowest BCUT2D eigenvalue weighted by Crippen LogP contribution is -2.22. The Kier molecular flexibility index (Phi) is 9.57. The Labute approximate surface area is 134 Å². The first-order chi connectivity index (χ1) is 9.67. The maximum atomic E-state index is 10.5. The molecule has 0 aromatic carbocycles. The average molecular weight is 312 g/mol. The van der Waals surface area contributed by atoms with Gasteiger partial charge >= 0.3 is 0 Å². The Morgan fingerprint density at radius 3 is 1.00 bits per heavy atom. The molecule has 0 radical (unpaired) electrons. The Balaban J connectivity index is 0. The van der Waals surface area contributed by atoms with Gasteiger partial charge in [-0.3, -0.25) is 9.59 Å². The van der Waals surface area contributed by atoms with E-state index in [1.165, 1.54) is 13.8 Å². The summed E-state index contributed by atoms with van der Waals surface area (Å²) in [4.78, 5) is 20.9. The highest BCUT2D eigenvalue weighted by Gasteiger charge is 2.14. The molecule has 0 aliphatic rings. The van der Waals surface area contributed by atoms with E-state index in [0.29, 0.717) is 0 Å². The molecule has 0 aromatic heterocycles. The predicted octanol–water partition coefficient (Wildman–Crippen LogP) is 3.09. The number of hydrogen-bond donors (Lipinski definition) is 2. The zero-order valence-corrected chi connectivity index (χ0v) is 15.7. The van der Waals surface area contributed by atoms with Crippen molar-refractivity contribution in [3.63, 3.8) is 0 Å². The van der Waals surface area contributed by atoms with E-state index in [1.807, 2.05) is 55.4 Å². The predicted molar refractivity (Wildman–Crippen MR) is 92.8 cm³/mol. The third kappa shape index (κ3) is 13.3. The van der Waals surface area contributed by atoms with Gasteiger partial charge in [0.15, 0.2) is 0 Å². The van der Waals surface area contributed by atoms with Crippen LogP contribution in [0.5, 0.6) is 0 Å². The Morgan fingerprint density at radius 1 is 0.636 bits per heavy atom. The summed E-state index contributed by atoms with van der Waals surface area (Å²) < 4.78 is 0. The molecular weight excluding hydrogens is 280 g/mol. The molecule has 0 atom stereocenters. The molecule has 2 N–H and O–H groups in total. The normalized spacial score (nSPS) is 13.0. The molecule has 0 fully saturated rings. The second kappa shape index (κ2) is 9.33. The Morgan fingerprint density at radius 2 is 0.864 bits per heavy atom. The molecular formula is C16H32N4O2. The first-order valence-electron chi connectivity index (χ1n) is 7.30. The average Bonchev–Trinajstić information content (AvgIpc) is 2.31. The molecule has 128 valence electrons. The first-order valence-corrected chi connectivity index (χ1v) is 7.30. The molecule has 0 rings (SSSR count). The summed E-state index contributed by atoms with van der Waals surface area (Å²) in [5, 5.41) is 7.82. The second-order valence-electron chi connectivity index (χ2n) is 7.23. The molecule has 0 saturated carbocycles. The molecule has 0 saturated heterocycles. The lowest BCUT2D eigenvalue weighted by molar-refractivity contribution is -0.119. The highest BCUT2D eigenvalue weighted by molar-refractivity contribution is 5.88. The summed E-state index contributed by atoms with van der Waals surface area (Å²) in [6.45, 7) is 19.0. The quantitative estimate of drug-likeness (QED) is 0.606. The molecule has 2 amide bonds. The number of hydrogen-bond acceptors (Lipinski definition) is 4. The van der Waals surface area contributed by atoms with Crippen LogP contribution < -0.4 is 10.9 Å². The van der Waals surface area contributed by atoms with Crippen molar-refractivity contribution in [3.05, 3.63) is 0 Å². The fourth-order valence-electron chi connectivity index (χ4n) is 0.661. The molecule has 0 aromatic rings. The third-order valence-corrected chi connectivity index (χ3v) is 2.93. The van der Waals surface area contributed by atoms with Crippen molar-refractivity contribution < 1.29 is 9.59 Å². The summed E-state index contributed by atoms with van der Waals surface area (Å²) >= 11 is 0. The van der Waals surface area contributed by atoms with Crippen LogP contribution in [0.2, 0.25) is 0 Å². The number of carbonyl (C=O) groups is 2. The van der Waals surface area contributed by atoms with Crippen LogP contribution in [-0.4, -0.2) is 23.2 Å². The van der Waals surface area contributed by atoms with Crippen molar-refractivity contribution in [2.24, 2.45) is 21.0 Å². The summed E-state index contributed by atoms with van der Waals surface area (Å²) in [5.74, 6) is -0.262. The number of amides is 2. The fourth-order valence-corrected chi connectivity index (χ4v) is 0.661. The molecule has 0 unspecified atom stereocenters. The van der Waals surface area contributed by atoms with Crippen LogP contribution in [0.1, 0.15) is 69.2 Å². The van der Waals surface area contributed by atoms with Gasteiger partial charge in [0.2, 0.25) is 11.8 Å². The van der Waals surface area contributed by atoms with Gasteiger partial charge in [-0.1, -0.05) is 41.5 Å². The van der Waals surface area contributed by atoms with Gasteiger partial charge in [-0.05, 0) is 13.8 Å². The van der Waals surface area contributed by atoms with Gasteiger partial charge in [0.05, 0.1) is 0 Å². The number of nitrogens with zero attached hydrogens (tertiary/aromatic N) is 2. The van der Waals surface area contributed by atoms with E-state index in [4.69, 9.17) is 0 Å². The molecule has 0 spiro atoms. The van der Waals surface area contributed by atoms with Gasteiger partial charge in [-0.2, -0.15) is 10.2 Å². The SMILES string of the molecule is CC(=O)N/N=C(\C)C(C)(C)C.CC(=O)N/N=C(\C)C(C)(C)C. The minimum atomic E-state index is -0.131. The summed E-state index contributed by atoms with van der Waals surface area (Å²) in [6.07, 6.45) is 0. The molecule has 6 nitrogen and oxygen atoms in total. The Bertz CT molecular complexity index is 396. The van der Waals surface area contributed by atoms with Crippen LogP contribution in [-0.2, 0) is 9.59 Å². The van der Waals surface area contributed by atoms with Crippen LogP contribution >= 0.6 is 0 Å². The van der Waals surface area contributed by atoms with Gasteiger partial charge in [-0.25, -0.2) is 10.9 Å². The zero-order chi connectivity index (χ0) is 18.1. The standard InChI is InChI=1S/2C8H16N2O/c2*1-6(8(3,4)5)9-10-7(2)11/h2*1-5H3,(H,10,11)/b2*9-6+. The van der Waals surface area contributed by atoms with Gasteiger partial charge in [-0.15, -0.1) is 0 Å². The van der Waals surface area contributed by atoms with Gasteiger partial charge in [0, 0.05) is 36.1 Å². The van der Waals surface area contributed by atoms with Crippen LogP contribution in [0, 0.1) is 10.8 Å². The van der Waals surface area contributed by atoms with Crippen molar-refractivity contribution in [3.8, 4) is 0 Å². The number of rotatable bonds is 2. The van der Waals surface area contributed by atoms with E-state index >= 15 is 0 Å². The molecule has 0 bridgehead atoms. The van der Waals surface area contributed by atoms with E-state index in [-0.39, 0.29) is 22.6 Å². The van der Waals surface area contributed by atoms with Gasteiger partial charge in [0.25, 0.3) is 0 Å². The van der Waals surface area contributed by atoms with E-state index < -0.39 is 0 Å². The van der Waals surface area contributed by atoms with Crippen molar-refractivity contribution in [2.75, 3.05) is 0 Å². The van der Waals surface area contributed by atoms with E-state index in [2.05, 4.69) is 21.1 Å². The lowest BCUT2D eigenvalue weighted by Gasteiger charge is -2.17. The van der Waals surface area contributed by atoms with E-state index in [9.17, 15) is 9.59 Å². The van der Waals surface area contributed by atoms with Crippen LogP contribution in [0.25, 0.3) is 0 Å². The zero-order valence-electron chi connectivity index (χ0n) is 15.7. The minimum Gasteiger partial charge on any atom is -0.274 e. The van der Waals surface area contributed by atoms with Crippen molar-refractivity contribution >= 4 is 23.2 Å². The van der Waals surface area contributed by atoms with Gasteiger partial charge < -0.3 is 0 Å². The number of carbonyl (C=O) groups excluding carboxylic acids is 2. The maximum absolute atomic E-state index is 10.5. The summed E-state index contributed by atoms with van der Waals surface area (Å²) in [7, 11) is 0. The summed E-state index contributed by atoms with van der Waals surface area (Å²) in [5.41, 5.74) is 6.71. The largest absolute Gasteiger partial charge is 0.274 e.